The minimum atomic E-state index is -0.169. The van der Waals surface area contributed by atoms with Gasteiger partial charge in [-0.2, -0.15) is 0 Å². The highest BCUT2D eigenvalue weighted by atomic mass is 19.1. The van der Waals surface area contributed by atoms with Crippen molar-refractivity contribution in [1.29, 1.82) is 0 Å². The first kappa shape index (κ1) is 13.8. The molecule has 2 aromatic rings. The summed E-state index contributed by atoms with van der Waals surface area (Å²) in [6, 6.07) is 7.06. The second-order valence-electron chi connectivity index (χ2n) is 4.94. The average molecular weight is 260 g/mol. The highest BCUT2D eigenvalue weighted by Gasteiger charge is 2.02. The molecule has 3 heteroatoms. The van der Waals surface area contributed by atoms with E-state index in [4.69, 9.17) is 0 Å². The van der Waals surface area contributed by atoms with Crippen LogP contribution in [0.4, 0.5) is 4.39 Å². The van der Waals surface area contributed by atoms with Crippen molar-refractivity contribution in [3.63, 3.8) is 0 Å². The molecule has 102 valence electrons. The molecule has 19 heavy (non-hydrogen) atoms. The van der Waals surface area contributed by atoms with Gasteiger partial charge in [-0.05, 0) is 54.8 Å². The van der Waals surface area contributed by atoms with E-state index in [1.807, 2.05) is 19.2 Å². The van der Waals surface area contributed by atoms with Gasteiger partial charge in [-0.25, -0.2) is 4.39 Å². The van der Waals surface area contributed by atoms with Gasteiger partial charge in [0.1, 0.15) is 5.82 Å². The first-order valence-electron chi connectivity index (χ1n) is 6.79. The summed E-state index contributed by atoms with van der Waals surface area (Å²) >= 11 is 0. The SMILES string of the molecule is CCCNCc1ccn(Cc2cc(F)ccc2C)c1. The molecule has 2 nitrogen and oxygen atoms in total. The molecule has 0 atom stereocenters. The van der Waals surface area contributed by atoms with Crippen LogP contribution in [0.1, 0.15) is 30.0 Å². The van der Waals surface area contributed by atoms with E-state index in [1.54, 1.807) is 6.07 Å². The summed E-state index contributed by atoms with van der Waals surface area (Å²) < 4.78 is 15.3. The van der Waals surface area contributed by atoms with E-state index in [-0.39, 0.29) is 5.82 Å². The standard InChI is InChI=1S/C16H21FN2/c1-3-7-18-10-14-6-8-19(11-14)12-15-9-16(17)5-4-13(15)2/h4-6,8-9,11,18H,3,7,10,12H2,1-2H3. The van der Waals surface area contributed by atoms with Crippen LogP contribution in [0.3, 0.4) is 0 Å². The molecule has 0 unspecified atom stereocenters. The Morgan fingerprint density at radius 1 is 1.26 bits per heavy atom. The van der Waals surface area contributed by atoms with Gasteiger partial charge in [0.15, 0.2) is 0 Å². The Morgan fingerprint density at radius 3 is 2.89 bits per heavy atom. The number of aryl methyl sites for hydroxylation is 1. The topological polar surface area (TPSA) is 17.0 Å². The lowest BCUT2D eigenvalue weighted by molar-refractivity contribution is 0.622. The third-order valence-corrected chi connectivity index (χ3v) is 3.23. The maximum absolute atomic E-state index is 13.2. The molecule has 1 aromatic heterocycles. The van der Waals surface area contributed by atoms with Crippen LogP contribution in [0, 0.1) is 12.7 Å². The van der Waals surface area contributed by atoms with E-state index in [1.165, 1.54) is 11.6 Å². The number of hydrogen-bond acceptors (Lipinski definition) is 1. The van der Waals surface area contributed by atoms with E-state index in [0.717, 1.165) is 37.2 Å². The van der Waals surface area contributed by atoms with Gasteiger partial charge in [0.25, 0.3) is 0 Å². The lowest BCUT2D eigenvalue weighted by Crippen LogP contribution is -2.13. The summed E-state index contributed by atoms with van der Waals surface area (Å²) in [4.78, 5) is 0. The fourth-order valence-corrected chi connectivity index (χ4v) is 2.11. The van der Waals surface area contributed by atoms with Crippen LogP contribution in [0.5, 0.6) is 0 Å². The van der Waals surface area contributed by atoms with E-state index in [2.05, 4.69) is 29.1 Å². The smallest absolute Gasteiger partial charge is 0.123 e. The van der Waals surface area contributed by atoms with Gasteiger partial charge in [-0.3, -0.25) is 0 Å². The van der Waals surface area contributed by atoms with Crippen molar-refractivity contribution >= 4 is 0 Å². The molecule has 2 rings (SSSR count). The fourth-order valence-electron chi connectivity index (χ4n) is 2.11. The molecule has 0 aliphatic heterocycles. The van der Waals surface area contributed by atoms with Crippen LogP contribution < -0.4 is 5.32 Å². The molecule has 0 saturated heterocycles. The molecule has 0 aliphatic carbocycles. The number of nitrogens with zero attached hydrogens (tertiary/aromatic N) is 1. The van der Waals surface area contributed by atoms with Gasteiger partial charge < -0.3 is 9.88 Å². The van der Waals surface area contributed by atoms with Crippen LogP contribution in [0.2, 0.25) is 0 Å². The second kappa shape index (κ2) is 6.53. The van der Waals surface area contributed by atoms with Crippen LogP contribution in [0.15, 0.2) is 36.7 Å². The van der Waals surface area contributed by atoms with Gasteiger partial charge in [0.05, 0.1) is 0 Å². The molecule has 0 saturated carbocycles. The van der Waals surface area contributed by atoms with Crippen LogP contribution in [-0.4, -0.2) is 11.1 Å². The van der Waals surface area contributed by atoms with Crippen molar-refractivity contribution in [2.45, 2.75) is 33.4 Å². The fraction of sp³-hybridized carbons (Fsp3) is 0.375. The zero-order valence-corrected chi connectivity index (χ0v) is 11.6. The molecule has 1 N–H and O–H groups in total. The highest BCUT2D eigenvalue weighted by Crippen LogP contribution is 2.13. The lowest BCUT2D eigenvalue weighted by Gasteiger charge is -2.07. The van der Waals surface area contributed by atoms with Crippen LogP contribution in [0.25, 0.3) is 0 Å². The Hall–Kier alpha value is -1.61. The number of rotatable bonds is 6. The summed E-state index contributed by atoms with van der Waals surface area (Å²) in [6.07, 6.45) is 5.31. The molecule has 0 aliphatic rings. The van der Waals surface area contributed by atoms with Gasteiger partial charge in [-0.1, -0.05) is 13.0 Å². The molecule has 0 spiro atoms. The number of halogens is 1. The minimum Gasteiger partial charge on any atom is -0.350 e. The van der Waals surface area contributed by atoms with Crippen molar-refractivity contribution < 1.29 is 4.39 Å². The third kappa shape index (κ3) is 3.93. The molecular formula is C16H21FN2. The van der Waals surface area contributed by atoms with E-state index in [0.29, 0.717) is 0 Å². The van der Waals surface area contributed by atoms with Crippen molar-refractivity contribution in [2.75, 3.05) is 6.54 Å². The first-order chi connectivity index (χ1) is 9.19. The summed E-state index contributed by atoms with van der Waals surface area (Å²) in [6.45, 7) is 6.82. The number of benzene rings is 1. The van der Waals surface area contributed by atoms with Gasteiger partial charge in [0, 0.05) is 25.5 Å². The van der Waals surface area contributed by atoms with Crippen molar-refractivity contribution in [2.24, 2.45) is 0 Å². The number of hydrogen-bond donors (Lipinski definition) is 1. The Labute approximate surface area is 114 Å². The average Bonchev–Trinajstić information content (AvgIpc) is 2.82. The second-order valence-corrected chi connectivity index (χ2v) is 4.94. The Balaban J connectivity index is 2.01. The van der Waals surface area contributed by atoms with E-state index in [9.17, 15) is 4.39 Å². The maximum atomic E-state index is 13.2. The minimum absolute atomic E-state index is 0.169. The van der Waals surface area contributed by atoms with E-state index < -0.39 is 0 Å². The van der Waals surface area contributed by atoms with E-state index >= 15 is 0 Å². The third-order valence-electron chi connectivity index (χ3n) is 3.23. The van der Waals surface area contributed by atoms with Crippen molar-refractivity contribution in [3.8, 4) is 0 Å². The summed E-state index contributed by atoms with van der Waals surface area (Å²) in [5.41, 5.74) is 3.42. The zero-order chi connectivity index (χ0) is 13.7. The number of nitrogens with one attached hydrogen (secondary N) is 1. The van der Waals surface area contributed by atoms with Gasteiger partial charge in [-0.15, -0.1) is 0 Å². The maximum Gasteiger partial charge on any atom is 0.123 e. The van der Waals surface area contributed by atoms with Crippen molar-refractivity contribution in [1.82, 2.24) is 9.88 Å². The molecule has 1 heterocycles. The normalized spacial score (nSPS) is 10.9. The summed E-state index contributed by atoms with van der Waals surface area (Å²) in [7, 11) is 0. The molecule has 0 radical (unpaired) electrons. The zero-order valence-electron chi connectivity index (χ0n) is 11.6. The molecule has 1 aromatic carbocycles. The van der Waals surface area contributed by atoms with Gasteiger partial charge >= 0.3 is 0 Å². The lowest BCUT2D eigenvalue weighted by atomic mass is 10.1. The Bertz CT molecular complexity index is 531. The monoisotopic (exact) mass is 260 g/mol. The first-order valence-corrected chi connectivity index (χ1v) is 6.79. The van der Waals surface area contributed by atoms with Gasteiger partial charge in [0.2, 0.25) is 0 Å². The van der Waals surface area contributed by atoms with Crippen LogP contribution in [-0.2, 0) is 13.1 Å². The highest BCUT2D eigenvalue weighted by molar-refractivity contribution is 5.27. The molecular weight excluding hydrogens is 239 g/mol. The molecule has 0 bridgehead atoms. The summed E-state index contributed by atoms with van der Waals surface area (Å²) in [5, 5.41) is 3.38. The number of aromatic nitrogens is 1. The Kier molecular flexibility index (Phi) is 4.74. The predicted octanol–water partition coefficient (Wildman–Crippen LogP) is 3.48. The summed E-state index contributed by atoms with van der Waals surface area (Å²) in [5.74, 6) is -0.169. The largest absolute Gasteiger partial charge is 0.350 e. The predicted molar refractivity (Wildman–Crippen MR) is 76.7 cm³/mol. The molecule has 0 fully saturated rings. The quantitative estimate of drug-likeness (QED) is 0.787. The van der Waals surface area contributed by atoms with Crippen molar-refractivity contribution in [3.05, 3.63) is 59.2 Å². The van der Waals surface area contributed by atoms with Crippen LogP contribution >= 0.6 is 0 Å². The molecule has 0 amide bonds. The Morgan fingerprint density at radius 2 is 2.11 bits per heavy atom.